The molecule has 2 heterocycles. The van der Waals surface area contributed by atoms with Gasteiger partial charge in [0.15, 0.2) is 11.7 Å². The van der Waals surface area contributed by atoms with Crippen molar-refractivity contribution in [1.82, 2.24) is 9.78 Å². The van der Waals surface area contributed by atoms with Gasteiger partial charge in [0.05, 0.1) is 14.2 Å². The van der Waals surface area contributed by atoms with Gasteiger partial charge in [-0.25, -0.2) is 4.68 Å². The molecule has 0 radical (unpaired) electrons. The highest BCUT2D eigenvalue weighted by Crippen LogP contribution is 2.45. The highest BCUT2D eigenvalue weighted by atomic mass is 19.4. The van der Waals surface area contributed by atoms with E-state index in [1.54, 1.807) is 18.2 Å². The number of nitrogens with zero attached hydrogens (tertiary/aromatic N) is 2. The number of carbonyl (C=O) groups excluding carboxylic acids is 1. The van der Waals surface area contributed by atoms with Crippen molar-refractivity contribution >= 4 is 17.4 Å². The average Bonchev–Trinajstić information content (AvgIpc) is 3.44. The first kappa shape index (κ1) is 19.4. The minimum atomic E-state index is -4.44. The number of ether oxygens (including phenoxy) is 2. The summed E-state index contributed by atoms with van der Waals surface area (Å²) in [5, 5.41) is 9.70. The van der Waals surface area contributed by atoms with Crippen LogP contribution in [0.25, 0.3) is 0 Å². The first-order valence-corrected chi connectivity index (χ1v) is 9.25. The van der Waals surface area contributed by atoms with Crippen LogP contribution in [0, 0.1) is 5.92 Å². The van der Waals surface area contributed by atoms with Crippen LogP contribution in [0.1, 0.15) is 35.8 Å². The van der Waals surface area contributed by atoms with E-state index in [-0.39, 0.29) is 29.9 Å². The van der Waals surface area contributed by atoms with Crippen molar-refractivity contribution in [3.8, 4) is 11.5 Å². The number of alkyl halides is 3. The molecule has 2 aliphatic rings. The van der Waals surface area contributed by atoms with Gasteiger partial charge in [0, 0.05) is 36.0 Å². The molecule has 4 rings (SSSR count). The molecule has 156 valence electrons. The fourth-order valence-electron chi connectivity index (χ4n) is 3.60. The second-order valence-corrected chi connectivity index (χ2v) is 7.30. The summed E-state index contributed by atoms with van der Waals surface area (Å²) in [6, 6.07) is 4.15. The molecule has 1 aliphatic heterocycles. The van der Waals surface area contributed by atoms with Crippen molar-refractivity contribution < 1.29 is 27.4 Å². The molecule has 1 saturated carbocycles. The Bertz CT molecular complexity index is 902. The van der Waals surface area contributed by atoms with Gasteiger partial charge in [0.2, 0.25) is 0 Å². The van der Waals surface area contributed by atoms with Gasteiger partial charge in [-0.05, 0) is 25.2 Å². The third-order valence-electron chi connectivity index (χ3n) is 5.25. The number of fused-ring (bicyclic) bond motifs is 1. The Labute approximate surface area is 165 Å². The standard InChI is InChI=1S/C19H21F3N4O3/c1-28-12-5-11(6-13(7-12)29-2)23-18(27)15-9-17-24-14(10-3-4-10)8-16(19(20,21)22)26(17)25-15/h5-7,9-10,14,16,24H,3-4,8H2,1-2H3,(H,23,27)/t14-,16+/m0/s1. The monoisotopic (exact) mass is 410 g/mol. The number of rotatable bonds is 5. The summed E-state index contributed by atoms with van der Waals surface area (Å²) < 4.78 is 51.9. The zero-order valence-corrected chi connectivity index (χ0v) is 15.9. The summed E-state index contributed by atoms with van der Waals surface area (Å²) in [6.45, 7) is 0. The lowest BCUT2D eigenvalue weighted by atomic mass is 10.0. The first-order chi connectivity index (χ1) is 13.8. The summed E-state index contributed by atoms with van der Waals surface area (Å²) in [5.74, 6) is 0.770. The van der Waals surface area contributed by atoms with E-state index in [1.807, 2.05) is 0 Å². The van der Waals surface area contributed by atoms with Gasteiger partial charge >= 0.3 is 6.18 Å². The zero-order chi connectivity index (χ0) is 20.8. The third-order valence-corrected chi connectivity index (χ3v) is 5.25. The summed E-state index contributed by atoms with van der Waals surface area (Å²) >= 11 is 0. The summed E-state index contributed by atoms with van der Waals surface area (Å²) in [5.41, 5.74) is 0.286. The number of benzene rings is 1. The molecule has 0 spiro atoms. The molecule has 10 heteroatoms. The second kappa shape index (κ2) is 7.16. The molecule has 0 unspecified atom stereocenters. The van der Waals surface area contributed by atoms with Crippen molar-refractivity contribution in [2.24, 2.45) is 5.92 Å². The SMILES string of the molecule is COc1cc(NC(=O)c2cc3n(n2)[C@@H](C(F)(F)F)C[C@@H](C2CC2)N3)cc(OC)c1. The van der Waals surface area contributed by atoms with Gasteiger partial charge in [-0.3, -0.25) is 4.79 Å². The fraction of sp³-hybridized carbons (Fsp3) is 0.474. The van der Waals surface area contributed by atoms with Crippen molar-refractivity contribution in [2.75, 3.05) is 24.9 Å². The van der Waals surface area contributed by atoms with E-state index >= 15 is 0 Å². The van der Waals surface area contributed by atoms with Gasteiger partial charge < -0.3 is 20.1 Å². The second-order valence-electron chi connectivity index (χ2n) is 7.30. The lowest BCUT2D eigenvalue weighted by molar-refractivity contribution is -0.174. The largest absolute Gasteiger partial charge is 0.497 e. The molecule has 1 aromatic heterocycles. The maximum Gasteiger partial charge on any atom is 0.410 e. The number of hydrogen-bond donors (Lipinski definition) is 2. The number of halogens is 3. The number of hydrogen-bond acceptors (Lipinski definition) is 5. The maximum absolute atomic E-state index is 13.6. The first-order valence-electron chi connectivity index (χ1n) is 9.25. The van der Waals surface area contributed by atoms with Crippen LogP contribution < -0.4 is 20.1 Å². The quantitative estimate of drug-likeness (QED) is 0.783. The smallest absolute Gasteiger partial charge is 0.410 e. The number of methoxy groups -OCH3 is 2. The van der Waals surface area contributed by atoms with Crippen LogP contribution in [0.5, 0.6) is 11.5 Å². The lowest BCUT2D eigenvalue weighted by Gasteiger charge is -2.33. The Kier molecular flexibility index (Phi) is 4.79. The minimum Gasteiger partial charge on any atom is -0.497 e. The number of aromatic nitrogens is 2. The van der Waals surface area contributed by atoms with Gasteiger partial charge in [0.1, 0.15) is 17.3 Å². The molecule has 0 bridgehead atoms. The molecule has 1 aliphatic carbocycles. The van der Waals surface area contributed by atoms with Crippen LogP contribution >= 0.6 is 0 Å². The topological polar surface area (TPSA) is 77.4 Å². The molecule has 2 atom stereocenters. The number of carbonyl (C=O) groups is 1. The van der Waals surface area contributed by atoms with Gasteiger partial charge in [-0.1, -0.05) is 0 Å². The van der Waals surface area contributed by atoms with Crippen LogP contribution in [0.2, 0.25) is 0 Å². The van der Waals surface area contributed by atoms with E-state index in [2.05, 4.69) is 15.7 Å². The Balaban J connectivity index is 1.59. The molecule has 2 aromatic rings. The molecule has 2 N–H and O–H groups in total. The Morgan fingerprint density at radius 2 is 1.83 bits per heavy atom. The number of anilines is 2. The van der Waals surface area contributed by atoms with Crippen molar-refractivity contribution in [3.05, 3.63) is 30.0 Å². The van der Waals surface area contributed by atoms with E-state index < -0.39 is 18.1 Å². The molecule has 29 heavy (non-hydrogen) atoms. The van der Waals surface area contributed by atoms with E-state index in [1.165, 1.54) is 20.3 Å². The molecule has 1 amide bonds. The molecule has 1 fully saturated rings. The Morgan fingerprint density at radius 3 is 2.38 bits per heavy atom. The Morgan fingerprint density at radius 1 is 1.17 bits per heavy atom. The summed E-state index contributed by atoms with van der Waals surface area (Å²) in [7, 11) is 2.95. The molecule has 1 aromatic carbocycles. The van der Waals surface area contributed by atoms with E-state index in [0.717, 1.165) is 17.5 Å². The average molecular weight is 410 g/mol. The molecular formula is C19H21F3N4O3. The van der Waals surface area contributed by atoms with Gasteiger partial charge in [0.25, 0.3) is 5.91 Å². The van der Waals surface area contributed by atoms with Crippen molar-refractivity contribution in [1.29, 1.82) is 0 Å². The van der Waals surface area contributed by atoms with Gasteiger partial charge in [-0.2, -0.15) is 18.3 Å². The van der Waals surface area contributed by atoms with E-state index in [0.29, 0.717) is 17.2 Å². The minimum absolute atomic E-state index is 0.0863. The van der Waals surface area contributed by atoms with Gasteiger partial charge in [-0.15, -0.1) is 0 Å². The van der Waals surface area contributed by atoms with Crippen LogP contribution in [0.3, 0.4) is 0 Å². The van der Waals surface area contributed by atoms with Crippen LogP contribution in [-0.2, 0) is 0 Å². The van der Waals surface area contributed by atoms with Crippen LogP contribution in [0.4, 0.5) is 24.7 Å². The summed E-state index contributed by atoms with van der Waals surface area (Å²) in [6.07, 6.45) is -2.69. The zero-order valence-electron chi connectivity index (χ0n) is 15.9. The lowest BCUT2D eigenvalue weighted by Crippen LogP contribution is -2.40. The highest BCUT2D eigenvalue weighted by molar-refractivity contribution is 6.03. The number of amides is 1. The molecular weight excluding hydrogens is 389 g/mol. The predicted molar refractivity (Wildman–Crippen MR) is 99.6 cm³/mol. The number of nitrogens with one attached hydrogen (secondary N) is 2. The maximum atomic E-state index is 13.6. The van der Waals surface area contributed by atoms with Crippen molar-refractivity contribution in [2.45, 2.75) is 37.5 Å². The third kappa shape index (κ3) is 3.96. The predicted octanol–water partition coefficient (Wildman–Crippen LogP) is 3.85. The van der Waals surface area contributed by atoms with Crippen LogP contribution in [0.15, 0.2) is 24.3 Å². The molecule has 0 saturated heterocycles. The van der Waals surface area contributed by atoms with E-state index in [9.17, 15) is 18.0 Å². The normalized spacial score (nSPS) is 21.1. The summed E-state index contributed by atoms with van der Waals surface area (Å²) in [4.78, 5) is 12.6. The van der Waals surface area contributed by atoms with Crippen molar-refractivity contribution in [3.63, 3.8) is 0 Å². The van der Waals surface area contributed by atoms with Crippen LogP contribution in [-0.4, -0.2) is 42.1 Å². The molecule has 7 nitrogen and oxygen atoms in total. The fourth-order valence-corrected chi connectivity index (χ4v) is 3.60. The Hall–Kier alpha value is -2.91. The van der Waals surface area contributed by atoms with E-state index in [4.69, 9.17) is 9.47 Å². The highest BCUT2D eigenvalue weighted by Gasteiger charge is 2.49.